The second kappa shape index (κ2) is 8.31. The van der Waals surface area contributed by atoms with Crippen molar-refractivity contribution in [2.75, 3.05) is 40.7 Å². The van der Waals surface area contributed by atoms with Crippen molar-refractivity contribution in [3.8, 4) is 0 Å². The van der Waals surface area contributed by atoms with Gasteiger partial charge >= 0.3 is 0 Å². The molecule has 1 aliphatic rings. The third-order valence-electron chi connectivity index (χ3n) is 5.15. The van der Waals surface area contributed by atoms with Gasteiger partial charge in [-0.1, -0.05) is 18.2 Å². The van der Waals surface area contributed by atoms with Crippen LogP contribution in [0.25, 0.3) is 0 Å². The highest BCUT2D eigenvalue weighted by Crippen LogP contribution is 2.23. The summed E-state index contributed by atoms with van der Waals surface area (Å²) in [5.74, 6) is 0.341. The molecule has 1 saturated heterocycles. The zero-order valence-corrected chi connectivity index (χ0v) is 17.4. The van der Waals surface area contributed by atoms with Gasteiger partial charge in [0.05, 0.1) is 16.8 Å². The Morgan fingerprint density at radius 2 is 1.63 bits per heavy atom. The number of hydrogen-bond acceptors (Lipinski definition) is 5. The first kappa shape index (κ1) is 20.2. The van der Waals surface area contributed by atoms with Gasteiger partial charge in [0.25, 0.3) is 10.0 Å². The van der Waals surface area contributed by atoms with Crippen LogP contribution >= 0.6 is 0 Å². The van der Waals surface area contributed by atoms with Crippen LogP contribution in [-0.4, -0.2) is 39.6 Å². The van der Waals surface area contributed by atoms with E-state index in [-0.39, 0.29) is 4.90 Å². The summed E-state index contributed by atoms with van der Waals surface area (Å²) in [4.78, 5) is 9.00. The fourth-order valence-corrected chi connectivity index (χ4v) is 4.86. The van der Waals surface area contributed by atoms with E-state index in [0.29, 0.717) is 11.3 Å². The van der Waals surface area contributed by atoms with Crippen LogP contribution in [0.4, 0.5) is 21.6 Å². The first-order valence-corrected chi connectivity index (χ1v) is 11.2. The molecule has 156 valence electrons. The highest BCUT2D eigenvalue weighted by Gasteiger charge is 2.20. The Labute approximate surface area is 176 Å². The van der Waals surface area contributed by atoms with Gasteiger partial charge in [-0.05, 0) is 55.0 Å². The molecule has 3 aromatic rings. The molecule has 0 unspecified atom stereocenters. The highest BCUT2D eigenvalue weighted by molar-refractivity contribution is 7.92. The molecule has 1 N–H and O–H groups in total. The van der Waals surface area contributed by atoms with Crippen molar-refractivity contribution in [3.63, 3.8) is 0 Å². The monoisotopic (exact) mass is 426 g/mol. The number of piperazine rings is 1. The molecule has 6 nitrogen and oxygen atoms in total. The molecule has 1 fully saturated rings. The summed E-state index contributed by atoms with van der Waals surface area (Å²) in [5, 5.41) is 0. The predicted molar refractivity (Wildman–Crippen MR) is 117 cm³/mol. The van der Waals surface area contributed by atoms with Crippen molar-refractivity contribution >= 4 is 27.2 Å². The molecule has 0 amide bonds. The van der Waals surface area contributed by atoms with E-state index in [1.54, 1.807) is 13.0 Å². The number of nitrogens with one attached hydrogen (secondary N) is 1. The van der Waals surface area contributed by atoms with Crippen LogP contribution < -0.4 is 14.5 Å². The van der Waals surface area contributed by atoms with Gasteiger partial charge in [0.1, 0.15) is 11.6 Å². The number of aryl methyl sites for hydroxylation is 1. The summed E-state index contributed by atoms with van der Waals surface area (Å²) in [7, 11) is -3.81. The quantitative estimate of drug-likeness (QED) is 0.675. The van der Waals surface area contributed by atoms with Gasteiger partial charge in [-0.2, -0.15) is 0 Å². The molecule has 0 aliphatic carbocycles. The molecular formula is C22H23FN4O2S. The molecule has 1 aliphatic heterocycles. The molecule has 2 heterocycles. The number of anilines is 3. The van der Waals surface area contributed by atoms with E-state index < -0.39 is 15.8 Å². The lowest BCUT2D eigenvalue weighted by atomic mass is 10.2. The maximum absolute atomic E-state index is 13.3. The SMILES string of the molecule is Cc1cc(F)ccc1S(=O)(=O)Nc1ccc(N2CCN(c3ccccc3)CC2)nc1. The van der Waals surface area contributed by atoms with Gasteiger partial charge in [-0.3, -0.25) is 4.72 Å². The molecule has 0 spiro atoms. The second-order valence-corrected chi connectivity index (χ2v) is 8.88. The van der Waals surface area contributed by atoms with E-state index >= 15 is 0 Å². The summed E-state index contributed by atoms with van der Waals surface area (Å²) in [6.07, 6.45) is 1.51. The molecule has 0 bridgehead atoms. The Morgan fingerprint density at radius 3 is 2.27 bits per heavy atom. The van der Waals surface area contributed by atoms with Crippen LogP contribution in [0.3, 0.4) is 0 Å². The Bertz CT molecular complexity index is 1110. The molecule has 4 rings (SSSR count). The predicted octanol–water partition coefficient (Wildman–Crippen LogP) is 3.66. The van der Waals surface area contributed by atoms with Crippen molar-refractivity contribution in [3.05, 3.63) is 78.2 Å². The Hall–Kier alpha value is -3.13. The van der Waals surface area contributed by atoms with Gasteiger partial charge in [-0.15, -0.1) is 0 Å². The van der Waals surface area contributed by atoms with Crippen LogP contribution in [-0.2, 0) is 10.0 Å². The first-order chi connectivity index (χ1) is 14.4. The largest absolute Gasteiger partial charge is 0.368 e. The molecule has 0 saturated carbocycles. The summed E-state index contributed by atoms with van der Waals surface area (Å²) < 4.78 is 41.0. The lowest BCUT2D eigenvalue weighted by molar-refractivity contribution is 0.598. The lowest BCUT2D eigenvalue weighted by Crippen LogP contribution is -2.46. The minimum atomic E-state index is -3.81. The van der Waals surface area contributed by atoms with Crippen molar-refractivity contribution in [2.24, 2.45) is 0 Å². The number of sulfonamides is 1. The first-order valence-electron chi connectivity index (χ1n) is 9.72. The molecule has 0 radical (unpaired) electrons. The average molecular weight is 427 g/mol. The molecular weight excluding hydrogens is 403 g/mol. The molecule has 8 heteroatoms. The maximum atomic E-state index is 13.3. The van der Waals surface area contributed by atoms with E-state index in [4.69, 9.17) is 0 Å². The third kappa shape index (κ3) is 4.38. The summed E-state index contributed by atoms with van der Waals surface area (Å²) in [6.45, 7) is 5.02. The fraction of sp³-hybridized carbons (Fsp3) is 0.227. The minimum Gasteiger partial charge on any atom is -0.368 e. The van der Waals surface area contributed by atoms with E-state index in [1.165, 1.54) is 24.0 Å². The molecule has 0 atom stereocenters. The lowest BCUT2D eigenvalue weighted by Gasteiger charge is -2.36. The zero-order chi connectivity index (χ0) is 21.1. The van der Waals surface area contributed by atoms with E-state index in [2.05, 4.69) is 31.6 Å². The Balaban J connectivity index is 1.41. The number of para-hydroxylation sites is 1. The number of hydrogen-bond donors (Lipinski definition) is 1. The van der Waals surface area contributed by atoms with E-state index in [9.17, 15) is 12.8 Å². The number of nitrogens with zero attached hydrogens (tertiary/aromatic N) is 3. The highest BCUT2D eigenvalue weighted by atomic mass is 32.2. The molecule has 1 aromatic heterocycles. The molecule has 30 heavy (non-hydrogen) atoms. The van der Waals surface area contributed by atoms with Crippen molar-refractivity contribution in [2.45, 2.75) is 11.8 Å². The Kier molecular flexibility index (Phi) is 5.59. The Morgan fingerprint density at radius 1 is 0.933 bits per heavy atom. The number of aromatic nitrogens is 1. The normalized spacial score (nSPS) is 14.6. The smallest absolute Gasteiger partial charge is 0.262 e. The number of halogens is 1. The van der Waals surface area contributed by atoms with Gasteiger partial charge < -0.3 is 9.80 Å². The number of rotatable bonds is 5. The number of benzene rings is 2. The van der Waals surface area contributed by atoms with Crippen LogP contribution in [0, 0.1) is 12.7 Å². The summed E-state index contributed by atoms with van der Waals surface area (Å²) in [5.41, 5.74) is 1.93. The van der Waals surface area contributed by atoms with Gasteiger partial charge in [0.15, 0.2) is 0 Å². The van der Waals surface area contributed by atoms with Crippen LogP contribution in [0.15, 0.2) is 71.8 Å². The van der Waals surface area contributed by atoms with Crippen LogP contribution in [0.1, 0.15) is 5.56 Å². The van der Waals surface area contributed by atoms with Crippen molar-refractivity contribution < 1.29 is 12.8 Å². The topological polar surface area (TPSA) is 65.5 Å². The third-order valence-corrected chi connectivity index (χ3v) is 6.69. The summed E-state index contributed by atoms with van der Waals surface area (Å²) in [6, 6.07) is 17.4. The number of pyridine rings is 1. The standard InChI is InChI=1S/C22H23FN4O2S/c1-17-15-18(23)7-9-21(17)30(28,29)25-19-8-10-22(24-16-19)27-13-11-26(12-14-27)20-5-3-2-4-6-20/h2-10,15-16,25H,11-14H2,1H3. The van der Waals surface area contributed by atoms with Gasteiger partial charge in [0.2, 0.25) is 0 Å². The maximum Gasteiger partial charge on any atom is 0.262 e. The van der Waals surface area contributed by atoms with Crippen molar-refractivity contribution in [1.29, 1.82) is 0 Å². The zero-order valence-electron chi connectivity index (χ0n) is 16.6. The van der Waals surface area contributed by atoms with E-state index in [0.717, 1.165) is 38.1 Å². The van der Waals surface area contributed by atoms with Gasteiger partial charge in [-0.25, -0.2) is 17.8 Å². The van der Waals surface area contributed by atoms with Crippen LogP contribution in [0.5, 0.6) is 0 Å². The minimum absolute atomic E-state index is 0.0463. The van der Waals surface area contributed by atoms with Gasteiger partial charge in [0, 0.05) is 31.9 Å². The second-order valence-electron chi connectivity index (χ2n) is 7.23. The fourth-order valence-electron chi connectivity index (χ4n) is 3.59. The van der Waals surface area contributed by atoms with Crippen LogP contribution in [0.2, 0.25) is 0 Å². The van der Waals surface area contributed by atoms with E-state index in [1.807, 2.05) is 24.3 Å². The average Bonchev–Trinajstić information content (AvgIpc) is 2.74. The summed E-state index contributed by atoms with van der Waals surface area (Å²) >= 11 is 0. The molecule has 2 aromatic carbocycles. The van der Waals surface area contributed by atoms with Crippen molar-refractivity contribution in [1.82, 2.24) is 4.98 Å².